The summed E-state index contributed by atoms with van der Waals surface area (Å²) in [4.78, 5) is 14.4. The molecule has 25 heavy (non-hydrogen) atoms. The Kier molecular flexibility index (Phi) is 6.58. The number of anilines is 1. The van der Waals surface area contributed by atoms with Crippen molar-refractivity contribution in [3.05, 3.63) is 48.3 Å². The molecular formula is C19H28N4O2. The van der Waals surface area contributed by atoms with Crippen molar-refractivity contribution in [2.75, 3.05) is 25.0 Å². The standard InChI is InChI=1S/C19H28N4O2/c1-19(2,3)15-22(10-6-12-24)18(25)21-17-8-4-7-16(13-17)14-23-11-5-9-20-23/h4-5,7-9,11,13,24H,6,10,12,14-15H2,1-3H3,(H,21,25). The van der Waals surface area contributed by atoms with E-state index in [1.165, 1.54) is 0 Å². The molecule has 0 radical (unpaired) electrons. The lowest BCUT2D eigenvalue weighted by molar-refractivity contribution is 0.176. The molecule has 6 nitrogen and oxygen atoms in total. The van der Waals surface area contributed by atoms with Gasteiger partial charge in [0.25, 0.3) is 0 Å². The Balaban J connectivity index is 2.03. The molecule has 0 aliphatic rings. The van der Waals surface area contributed by atoms with Gasteiger partial charge in [-0.1, -0.05) is 32.9 Å². The van der Waals surface area contributed by atoms with E-state index >= 15 is 0 Å². The number of nitrogens with one attached hydrogen (secondary N) is 1. The van der Waals surface area contributed by atoms with E-state index in [4.69, 9.17) is 5.11 Å². The van der Waals surface area contributed by atoms with Gasteiger partial charge in [0.2, 0.25) is 0 Å². The summed E-state index contributed by atoms with van der Waals surface area (Å²) in [5.74, 6) is 0. The van der Waals surface area contributed by atoms with Crippen LogP contribution in [0.25, 0.3) is 0 Å². The number of hydrogen-bond donors (Lipinski definition) is 2. The second-order valence-electron chi connectivity index (χ2n) is 7.39. The van der Waals surface area contributed by atoms with Gasteiger partial charge in [-0.3, -0.25) is 4.68 Å². The Hall–Kier alpha value is -2.34. The SMILES string of the molecule is CC(C)(C)CN(CCCO)C(=O)Nc1cccc(Cn2cccn2)c1. The van der Waals surface area contributed by atoms with Gasteiger partial charge in [0.15, 0.2) is 0 Å². The van der Waals surface area contributed by atoms with Crippen LogP contribution in [-0.4, -0.2) is 45.5 Å². The molecule has 2 rings (SSSR count). The maximum atomic E-state index is 12.6. The number of carbonyl (C=O) groups is 1. The lowest BCUT2D eigenvalue weighted by Crippen LogP contribution is -2.41. The molecular weight excluding hydrogens is 316 g/mol. The molecule has 136 valence electrons. The van der Waals surface area contributed by atoms with Gasteiger partial charge in [0.1, 0.15) is 0 Å². The van der Waals surface area contributed by atoms with Crippen LogP contribution in [0.1, 0.15) is 32.8 Å². The van der Waals surface area contributed by atoms with Crippen LogP contribution in [0, 0.1) is 5.41 Å². The fourth-order valence-corrected chi connectivity index (χ4v) is 2.62. The van der Waals surface area contributed by atoms with Crippen molar-refractivity contribution in [1.82, 2.24) is 14.7 Å². The van der Waals surface area contributed by atoms with Crippen LogP contribution in [0.4, 0.5) is 10.5 Å². The molecule has 2 aromatic rings. The van der Waals surface area contributed by atoms with Gasteiger partial charge in [-0.2, -0.15) is 5.10 Å². The van der Waals surface area contributed by atoms with Crippen molar-refractivity contribution in [1.29, 1.82) is 0 Å². The number of aliphatic hydroxyl groups excluding tert-OH is 1. The largest absolute Gasteiger partial charge is 0.396 e. The third kappa shape index (κ3) is 6.58. The molecule has 0 fully saturated rings. The molecule has 1 aromatic heterocycles. The Morgan fingerprint density at radius 3 is 2.76 bits per heavy atom. The van der Waals surface area contributed by atoms with E-state index in [9.17, 15) is 4.79 Å². The number of aliphatic hydroxyl groups is 1. The second-order valence-corrected chi connectivity index (χ2v) is 7.39. The van der Waals surface area contributed by atoms with Crippen molar-refractivity contribution in [2.45, 2.75) is 33.7 Å². The van der Waals surface area contributed by atoms with Crippen LogP contribution in [0.3, 0.4) is 0 Å². The van der Waals surface area contributed by atoms with Gasteiger partial charge in [-0.25, -0.2) is 4.79 Å². The fourth-order valence-electron chi connectivity index (χ4n) is 2.62. The third-order valence-corrected chi connectivity index (χ3v) is 3.62. The highest BCUT2D eigenvalue weighted by molar-refractivity contribution is 5.89. The van der Waals surface area contributed by atoms with Gasteiger partial charge < -0.3 is 15.3 Å². The van der Waals surface area contributed by atoms with Crippen molar-refractivity contribution in [3.8, 4) is 0 Å². The van der Waals surface area contributed by atoms with Crippen molar-refractivity contribution >= 4 is 11.7 Å². The van der Waals surface area contributed by atoms with E-state index in [1.807, 2.05) is 41.2 Å². The summed E-state index contributed by atoms with van der Waals surface area (Å²) >= 11 is 0. The predicted octanol–water partition coefficient (Wildman–Crippen LogP) is 3.19. The highest BCUT2D eigenvalue weighted by atomic mass is 16.3. The van der Waals surface area contributed by atoms with E-state index in [-0.39, 0.29) is 18.1 Å². The molecule has 0 aliphatic carbocycles. The number of aromatic nitrogens is 2. The molecule has 2 N–H and O–H groups in total. The topological polar surface area (TPSA) is 70.4 Å². The maximum Gasteiger partial charge on any atom is 0.321 e. The summed E-state index contributed by atoms with van der Waals surface area (Å²) in [6.07, 6.45) is 4.23. The van der Waals surface area contributed by atoms with Crippen molar-refractivity contribution < 1.29 is 9.90 Å². The first-order chi connectivity index (χ1) is 11.9. The first-order valence-corrected chi connectivity index (χ1v) is 8.60. The minimum absolute atomic E-state index is 0.00522. The molecule has 0 atom stereocenters. The van der Waals surface area contributed by atoms with E-state index < -0.39 is 0 Å². The molecule has 0 unspecified atom stereocenters. The molecule has 0 aliphatic heterocycles. The van der Waals surface area contributed by atoms with E-state index in [2.05, 4.69) is 31.2 Å². The molecule has 2 amide bonds. The monoisotopic (exact) mass is 344 g/mol. The van der Waals surface area contributed by atoms with Gasteiger partial charge in [-0.15, -0.1) is 0 Å². The fraction of sp³-hybridized carbons (Fsp3) is 0.474. The highest BCUT2D eigenvalue weighted by Crippen LogP contribution is 2.17. The number of rotatable bonds is 7. The molecule has 0 bridgehead atoms. The van der Waals surface area contributed by atoms with Crippen LogP contribution < -0.4 is 5.32 Å². The number of hydrogen-bond acceptors (Lipinski definition) is 3. The van der Waals surface area contributed by atoms with E-state index in [1.54, 1.807) is 11.1 Å². The molecule has 0 saturated heterocycles. The molecule has 0 spiro atoms. The van der Waals surface area contributed by atoms with Crippen LogP contribution in [0.15, 0.2) is 42.7 Å². The second kappa shape index (κ2) is 8.67. The zero-order valence-corrected chi connectivity index (χ0v) is 15.3. The van der Waals surface area contributed by atoms with Crippen LogP contribution in [-0.2, 0) is 6.54 Å². The van der Waals surface area contributed by atoms with Crippen LogP contribution in [0.2, 0.25) is 0 Å². The quantitative estimate of drug-likeness (QED) is 0.810. The third-order valence-electron chi connectivity index (χ3n) is 3.62. The van der Waals surface area contributed by atoms with Crippen LogP contribution >= 0.6 is 0 Å². The van der Waals surface area contributed by atoms with E-state index in [0.29, 0.717) is 26.1 Å². The molecule has 1 heterocycles. The molecule has 0 saturated carbocycles. The summed E-state index contributed by atoms with van der Waals surface area (Å²) in [5.41, 5.74) is 1.83. The normalized spacial score (nSPS) is 11.4. The minimum Gasteiger partial charge on any atom is -0.396 e. The average Bonchev–Trinajstić information content (AvgIpc) is 3.03. The lowest BCUT2D eigenvalue weighted by Gasteiger charge is -2.30. The number of nitrogens with zero attached hydrogens (tertiary/aromatic N) is 3. The Morgan fingerprint density at radius 2 is 2.12 bits per heavy atom. The number of benzene rings is 1. The number of amides is 2. The number of urea groups is 1. The van der Waals surface area contributed by atoms with Crippen LogP contribution in [0.5, 0.6) is 0 Å². The summed E-state index contributed by atoms with van der Waals surface area (Å²) in [6.45, 7) is 8.18. The molecule has 6 heteroatoms. The summed E-state index contributed by atoms with van der Waals surface area (Å²) < 4.78 is 1.84. The molecule has 1 aromatic carbocycles. The Bertz CT molecular complexity index is 662. The van der Waals surface area contributed by atoms with Crippen molar-refractivity contribution in [3.63, 3.8) is 0 Å². The van der Waals surface area contributed by atoms with Gasteiger partial charge in [0, 0.05) is 37.8 Å². The number of carbonyl (C=O) groups excluding carboxylic acids is 1. The summed E-state index contributed by atoms with van der Waals surface area (Å²) in [5, 5.41) is 16.2. The smallest absolute Gasteiger partial charge is 0.321 e. The van der Waals surface area contributed by atoms with E-state index in [0.717, 1.165) is 11.3 Å². The first-order valence-electron chi connectivity index (χ1n) is 8.60. The first kappa shape index (κ1) is 19.0. The maximum absolute atomic E-state index is 12.6. The Morgan fingerprint density at radius 1 is 1.32 bits per heavy atom. The van der Waals surface area contributed by atoms with Gasteiger partial charge in [-0.05, 0) is 35.6 Å². The van der Waals surface area contributed by atoms with Gasteiger partial charge >= 0.3 is 6.03 Å². The predicted molar refractivity (Wildman–Crippen MR) is 99.5 cm³/mol. The highest BCUT2D eigenvalue weighted by Gasteiger charge is 2.20. The Labute approximate surface area is 149 Å². The minimum atomic E-state index is -0.139. The summed E-state index contributed by atoms with van der Waals surface area (Å²) in [6, 6.07) is 9.52. The zero-order valence-electron chi connectivity index (χ0n) is 15.3. The van der Waals surface area contributed by atoms with Gasteiger partial charge in [0.05, 0.1) is 6.54 Å². The van der Waals surface area contributed by atoms with Crippen molar-refractivity contribution in [2.24, 2.45) is 5.41 Å². The average molecular weight is 344 g/mol. The zero-order chi connectivity index (χ0) is 18.3. The lowest BCUT2D eigenvalue weighted by atomic mass is 9.96. The summed E-state index contributed by atoms with van der Waals surface area (Å²) in [7, 11) is 0.